The molecule has 2 aromatic carbocycles. The van der Waals surface area contributed by atoms with Crippen molar-refractivity contribution in [2.24, 2.45) is 0 Å². The van der Waals surface area contributed by atoms with E-state index in [9.17, 15) is 9.59 Å². The van der Waals surface area contributed by atoms with E-state index in [1.54, 1.807) is 7.11 Å². The normalized spacial score (nSPS) is 14.9. The lowest BCUT2D eigenvalue weighted by Gasteiger charge is -2.36. The van der Waals surface area contributed by atoms with Gasteiger partial charge >= 0.3 is 0 Å². The third-order valence-electron chi connectivity index (χ3n) is 7.02. The Bertz CT molecular complexity index is 1300. The molecule has 36 heavy (non-hydrogen) atoms. The number of nitrogens with one attached hydrogen (secondary N) is 1. The molecule has 1 fully saturated rings. The quantitative estimate of drug-likeness (QED) is 0.383. The van der Waals surface area contributed by atoms with E-state index in [1.165, 1.54) is 0 Å². The number of likely N-dealkylation sites (N-methyl/N-ethyl adjacent to an activating group) is 1. The number of hydrogen-bond acceptors (Lipinski definition) is 7. The number of benzene rings is 2. The summed E-state index contributed by atoms with van der Waals surface area (Å²) in [7, 11) is 5.69. The summed E-state index contributed by atoms with van der Waals surface area (Å²) in [5.41, 5.74) is 3.95. The molecule has 5 rings (SSSR count). The van der Waals surface area contributed by atoms with Crippen molar-refractivity contribution in [3.05, 3.63) is 53.6 Å². The monoisotopic (exact) mass is 487 g/mol. The number of pyridine rings is 1. The highest BCUT2D eigenvalue weighted by molar-refractivity contribution is 6.28. The summed E-state index contributed by atoms with van der Waals surface area (Å²) in [5, 5.41) is 4.21. The van der Waals surface area contributed by atoms with E-state index < -0.39 is 0 Å². The Balaban J connectivity index is 1.37. The van der Waals surface area contributed by atoms with Gasteiger partial charge in [-0.15, -0.1) is 0 Å². The molecule has 0 radical (unpaired) electrons. The van der Waals surface area contributed by atoms with Gasteiger partial charge in [-0.25, -0.2) is 4.98 Å². The molecule has 1 aromatic heterocycles. The van der Waals surface area contributed by atoms with Crippen molar-refractivity contribution in [1.29, 1.82) is 0 Å². The topological polar surface area (TPSA) is 78.0 Å². The number of amides is 1. The molecule has 1 N–H and O–H groups in total. The predicted molar refractivity (Wildman–Crippen MR) is 142 cm³/mol. The van der Waals surface area contributed by atoms with Gasteiger partial charge in [-0.3, -0.25) is 9.59 Å². The molecule has 1 aliphatic heterocycles. The van der Waals surface area contributed by atoms with Crippen molar-refractivity contribution >= 4 is 28.4 Å². The van der Waals surface area contributed by atoms with Gasteiger partial charge in [0.05, 0.1) is 12.6 Å². The number of rotatable bonds is 8. The second kappa shape index (κ2) is 10.2. The molecule has 0 atom stereocenters. The Hall–Kier alpha value is -3.49. The summed E-state index contributed by atoms with van der Waals surface area (Å²) in [6, 6.07) is 13.5. The molecule has 8 heteroatoms. The molecule has 0 saturated carbocycles. The molecule has 1 aliphatic carbocycles. The maximum absolute atomic E-state index is 13.6. The Labute approximate surface area is 211 Å². The lowest BCUT2D eigenvalue weighted by atomic mass is 10.0. The van der Waals surface area contributed by atoms with Gasteiger partial charge in [-0.05, 0) is 43.9 Å². The van der Waals surface area contributed by atoms with Crippen molar-refractivity contribution < 1.29 is 14.3 Å². The number of piperazine rings is 1. The number of fused-ring (bicyclic) bond motifs is 5. The van der Waals surface area contributed by atoms with Crippen LogP contribution in [0.15, 0.2) is 42.5 Å². The van der Waals surface area contributed by atoms with E-state index in [4.69, 9.17) is 9.72 Å². The highest BCUT2D eigenvalue weighted by atomic mass is 16.5. The molecule has 1 saturated heterocycles. The molecule has 8 nitrogen and oxygen atoms in total. The highest BCUT2D eigenvalue weighted by Crippen LogP contribution is 2.46. The fraction of sp³-hybridized carbons (Fsp3) is 0.393. The Morgan fingerprint density at radius 2 is 1.81 bits per heavy atom. The third kappa shape index (κ3) is 4.54. The van der Waals surface area contributed by atoms with Crippen molar-refractivity contribution in [3.8, 4) is 16.9 Å². The summed E-state index contributed by atoms with van der Waals surface area (Å²) >= 11 is 0. The fourth-order valence-corrected chi connectivity index (χ4v) is 5.06. The molecule has 1 amide bonds. The van der Waals surface area contributed by atoms with Crippen molar-refractivity contribution in [2.75, 3.05) is 71.9 Å². The van der Waals surface area contributed by atoms with Crippen molar-refractivity contribution in [3.63, 3.8) is 0 Å². The van der Waals surface area contributed by atoms with Crippen LogP contribution in [0.5, 0.6) is 5.75 Å². The van der Waals surface area contributed by atoms with Crippen molar-refractivity contribution in [1.82, 2.24) is 20.1 Å². The first-order chi connectivity index (χ1) is 17.5. The maximum Gasteiger partial charge on any atom is 0.223 e. The first-order valence-corrected chi connectivity index (χ1v) is 12.5. The zero-order valence-electron chi connectivity index (χ0n) is 21.2. The first-order valence-electron chi connectivity index (χ1n) is 12.5. The number of ketones is 1. The van der Waals surface area contributed by atoms with Crippen LogP contribution < -0.4 is 15.0 Å². The van der Waals surface area contributed by atoms with E-state index in [0.29, 0.717) is 56.0 Å². The highest BCUT2D eigenvalue weighted by Gasteiger charge is 2.35. The summed E-state index contributed by atoms with van der Waals surface area (Å²) in [5.74, 6) is 1.67. The first kappa shape index (κ1) is 24.2. The average molecular weight is 488 g/mol. The van der Waals surface area contributed by atoms with Gasteiger partial charge in [0.1, 0.15) is 11.6 Å². The molecular weight excluding hydrogens is 454 g/mol. The molecule has 0 spiro atoms. The zero-order chi connectivity index (χ0) is 25.2. The lowest BCUT2D eigenvalue weighted by Crippen LogP contribution is -2.49. The van der Waals surface area contributed by atoms with Crippen LogP contribution in [0.25, 0.3) is 22.0 Å². The Kier molecular flexibility index (Phi) is 6.89. The van der Waals surface area contributed by atoms with Crippen LogP contribution in [0.3, 0.4) is 0 Å². The SMILES string of the molecule is COc1ccc2c(c1)C(=O)c1c-2c(N2CCN(C(=O)CCNCCN(C)C)CC2)nc2ccccc12. The second-order valence-electron chi connectivity index (χ2n) is 9.61. The number of ether oxygens (including phenoxy) is 1. The van der Waals surface area contributed by atoms with E-state index in [-0.39, 0.29) is 11.7 Å². The molecule has 3 aromatic rings. The zero-order valence-corrected chi connectivity index (χ0v) is 21.2. The van der Waals surface area contributed by atoms with Crippen LogP contribution in [0.4, 0.5) is 5.82 Å². The summed E-state index contributed by atoms with van der Waals surface area (Å²) < 4.78 is 5.38. The van der Waals surface area contributed by atoms with Crippen LogP contribution in [-0.2, 0) is 4.79 Å². The number of aromatic nitrogens is 1. The Morgan fingerprint density at radius 3 is 2.56 bits per heavy atom. The minimum Gasteiger partial charge on any atom is -0.497 e. The fourth-order valence-electron chi connectivity index (χ4n) is 5.06. The van der Waals surface area contributed by atoms with E-state index >= 15 is 0 Å². The number of hydrogen-bond donors (Lipinski definition) is 1. The van der Waals surface area contributed by atoms with Crippen LogP contribution in [0, 0.1) is 0 Å². The van der Waals surface area contributed by atoms with Gasteiger partial charge in [0.25, 0.3) is 0 Å². The molecular formula is C28H33N5O3. The summed E-state index contributed by atoms with van der Waals surface area (Å²) in [6.07, 6.45) is 0.501. The third-order valence-corrected chi connectivity index (χ3v) is 7.02. The number of nitrogens with zero attached hydrogens (tertiary/aromatic N) is 4. The minimum atomic E-state index is 0.00864. The van der Waals surface area contributed by atoms with Gasteiger partial charge in [0.15, 0.2) is 5.78 Å². The molecule has 0 bridgehead atoms. The average Bonchev–Trinajstić information content (AvgIpc) is 3.20. The van der Waals surface area contributed by atoms with E-state index in [0.717, 1.165) is 40.9 Å². The molecule has 2 heterocycles. The largest absolute Gasteiger partial charge is 0.497 e. The van der Waals surface area contributed by atoms with Crippen molar-refractivity contribution in [2.45, 2.75) is 6.42 Å². The van der Waals surface area contributed by atoms with Gasteiger partial charge < -0.3 is 24.8 Å². The standard InChI is InChI=1S/C28H33N5O3/c1-31(2)13-12-29-11-10-24(34)32-14-16-33(17-15-32)28-26-20-9-8-19(36-3)18-22(20)27(35)25(26)21-6-4-5-7-23(21)30-28/h4-9,18,29H,10-17H2,1-3H3. The minimum absolute atomic E-state index is 0.00864. The van der Waals surface area contributed by atoms with Crippen LogP contribution in [0.1, 0.15) is 22.3 Å². The van der Waals surface area contributed by atoms with Crippen LogP contribution in [-0.4, -0.2) is 93.5 Å². The number of carbonyl (C=O) groups excluding carboxylic acids is 2. The Morgan fingerprint density at radius 1 is 1.03 bits per heavy atom. The number of anilines is 1. The summed E-state index contributed by atoms with van der Waals surface area (Å²) in [4.78, 5) is 37.6. The predicted octanol–water partition coefficient (Wildman–Crippen LogP) is 2.64. The number of carbonyl (C=O) groups is 2. The molecule has 188 valence electrons. The smallest absolute Gasteiger partial charge is 0.223 e. The van der Waals surface area contributed by atoms with Crippen LogP contribution in [0.2, 0.25) is 0 Å². The van der Waals surface area contributed by atoms with Crippen LogP contribution >= 0.6 is 0 Å². The van der Waals surface area contributed by atoms with Gasteiger partial charge in [-0.1, -0.05) is 18.2 Å². The van der Waals surface area contributed by atoms with Gasteiger partial charge in [-0.2, -0.15) is 0 Å². The van der Waals surface area contributed by atoms with Gasteiger partial charge in [0, 0.05) is 74.3 Å². The van der Waals surface area contributed by atoms with Gasteiger partial charge in [0.2, 0.25) is 5.91 Å². The van der Waals surface area contributed by atoms with E-state index in [1.807, 2.05) is 61.5 Å². The van der Waals surface area contributed by atoms with E-state index in [2.05, 4.69) is 15.1 Å². The number of methoxy groups -OCH3 is 1. The molecule has 2 aliphatic rings. The molecule has 0 unspecified atom stereocenters. The summed E-state index contributed by atoms with van der Waals surface area (Å²) in [6.45, 7) is 5.16. The maximum atomic E-state index is 13.6. The second-order valence-corrected chi connectivity index (χ2v) is 9.61. The number of para-hydroxylation sites is 1. The lowest BCUT2D eigenvalue weighted by molar-refractivity contribution is -0.131.